The van der Waals surface area contributed by atoms with Crippen LogP contribution in [0.15, 0.2) is 35.5 Å². The number of nitrogens with zero attached hydrogens (tertiary/aromatic N) is 4. The molecule has 1 aliphatic heterocycles. The van der Waals surface area contributed by atoms with Gasteiger partial charge in [-0.25, -0.2) is 4.98 Å². The first kappa shape index (κ1) is 18.5. The minimum atomic E-state index is 0.859. The molecule has 0 spiro atoms. The summed E-state index contributed by atoms with van der Waals surface area (Å²) in [6, 6.07) is 8.28. The Morgan fingerprint density at radius 3 is 2.54 bits per heavy atom. The number of methoxy groups -OCH3 is 1. The second-order valence-corrected chi connectivity index (χ2v) is 7.58. The van der Waals surface area contributed by atoms with Crippen LogP contribution in [0.25, 0.3) is 0 Å². The number of nitrogens with one attached hydrogen (secondary N) is 1. The van der Waals surface area contributed by atoms with Gasteiger partial charge in [0.15, 0.2) is 5.96 Å². The first-order valence-corrected chi connectivity index (χ1v) is 9.77. The first-order chi connectivity index (χ1) is 12.7. The van der Waals surface area contributed by atoms with Crippen molar-refractivity contribution in [3.63, 3.8) is 0 Å². The largest absolute Gasteiger partial charge is 0.497 e. The van der Waals surface area contributed by atoms with Gasteiger partial charge in [0.25, 0.3) is 0 Å². The number of anilines is 1. The number of hydrogen-bond acceptors (Lipinski definition) is 5. The summed E-state index contributed by atoms with van der Waals surface area (Å²) in [7, 11) is 3.55. The molecule has 1 aromatic carbocycles. The molecule has 2 heterocycles. The van der Waals surface area contributed by atoms with Crippen molar-refractivity contribution in [1.82, 2.24) is 15.2 Å². The van der Waals surface area contributed by atoms with Crippen LogP contribution in [0.5, 0.6) is 5.75 Å². The van der Waals surface area contributed by atoms with Gasteiger partial charge in [-0.05, 0) is 31.2 Å². The molecule has 0 saturated carbocycles. The summed E-state index contributed by atoms with van der Waals surface area (Å²) < 4.78 is 5.24. The second kappa shape index (κ2) is 8.89. The number of piperazine rings is 1. The predicted octanol–water partition coefficient (Wildman–Crippen LogP) is 2.40. The number of aromatic nitrogens is 1. The Labute approximate surface area is 159 Å². The third kappa shape index (κ3) is 4.66. The van der Waals surface area contributed by atoms with E-state index in [1.165, 1.54) is 15.6 Å². The molecule has 0 atom stereocenters. The van der Waals surface area contributed by atoms with E-state index in [1.54, 1.807) is 18.4 Å². The molecule has 3 rings (SSSR count). The van der Waals surface area contributed by atoms with Crippen LogP contribution in [0.1, 0.15) is 9.88 Å². The van der Waals surface area contributed by atoms with E-state index < -0.39 is 0 Å². The number of aryl methyl sites for hydroxylation is 1. The smallest absolute Gasteiger partial charge is 0.193 e. The van der Waals surface area contributed by atoms with Crippen molar-refractivity contribution in [2.75, 3.05) is 51.8 Å². The third-order valence-corrected chi connectivity index (χ3v) is 5.49. The second-order valence-electron chi connectivity index (χ2n) is 6.26. The molecule has 140 valence electrons. The van der Waals surface area contributed by atoms with E-state index in [0.29, 0.717) is 0 Å². The van der Waals surface area contributed by atoms with Gasteiger partial charge < -0.3 is 19.9 Å². The average molecular weight is 374 g/mol. The van der Waals surface area contributed by atoms with Crippen LogP contribution in [0.2, 0.25) is 0 Å². The molecule has 2 aromatic rings. The quantitative estimate of drug-likeness (QED) is 0.644. The molecule has 0 aliphatic carbocycles. The molecular weight excluding hydrogens is 346 g/mol. The molecule has 6 nitrogen and oxygen atoms in total. The number of rotatable bonds is 5. The Morgan fingerprint density at radius 2 is 1.96 bits per heavy atom. The van der Waals surface area contributed by atoms with E-state index in [4.69, 9.17) is 4.74 Å². The Kier molecular flexibility index (Phi) is 6.33. The van der Waals surface area contributed by atoms with Gasteiger partial charge >= 0.3 is 0 Å². The van der Waals surface area contributed by atoms with Gasteiger partial charge in [0.1, 0.15) is 5.75 Å². The summed E-state index contributed by atoms with van der Waals surface area (Å²) >= 11 is 1.76. The highest BCUT2D eigenvalue weighted by atomic mass is 32.1. The maximum absolute atomic E-state index is 5.24. The zero-order chi connectivity index (χ0) is 18.4. The maximum atomic E-state index is 5.24. The number of thiazole rings is 1. The fourth-order valence-corrected chi connectivity index (χ4v) is 3.89. The zero-order valence-electron chi connectivity index (χ0n) is 15.7. The van der Waals surface area contributed by atoms with E-state index in [9.17, 15) is 0 Å². The first-order valence-electron chi connectivity index (χ1n) is 8.95. The number of benzene rings is 1. The molecule has 1 aliphatic rings. The molecule has 1 fully saturated rings. The van der Waals surface area contributed by atoms with Crippen molar-refractivity contribution < 1.29 is 4.74 Å². The highest BCUT2D eigenvalue weighted by Gasteiger charge is 2.19. The maximum Gasteiger partial charge on any atom is 0.193 e. The standard InChI is InChI=1S/C19H27N5OS/c1-15-14-22-18(26-15)8-9-21-19(20-2)24-12-10-23(11-13-24)16-4-6-17(25-3)7-5-16/h4-7,14H,8-13H2,1-3H3,(H,20,21). The van der Waals surface area contributed by atoms with Crippen LogP contribution in [-0.2, 0) is 6.42 Å². The van der Waals surface area contributed by atoms with Gasteiger partial charge in [0.2, 0.25) is 0 Å². The van der Waals surface area contributed by atoms with E-state index in [0.717, 1.165) is 50.9 Å². The van der Waals surface area contributed by atoms with Gasteiger partial charge in [0, 0.05) is 63.0 Å². The number of guanidine groups is 1. The van der Waals surface area contributed by atoms with Gasteiger partial charge in [-0.3, -0.25) is 4.99 Å². The van der Waals surface area contributed by atoms with Gasteiger partial charge in [-0.2, -0.15) is 0 Å². The molecule has 1 aromatic heterocycles. The lowest BCUT2D eigenvalue weighted by molar-refractivity contribution is 0.373. The van der Waals surface area contributed by atoms with E-state index in [2.05, 4.69) is 44.1 Å². The van der Waals surface area contributed by atoms with Crippen LogP contribution in [-0.4, -0.2) is 62.7 Å². The minimum absolute atomic E-state index is 0.859. The van der Waals surface area contributed by atoms with Crippen molar-refractivity contribution >= 4 is 23.0 Å². The molecule has 7 heteroatoms. The summed E-state index contributed by atoms with van der Waals surface area (Å²) in [6.07, 6.45) is 2.87. The zero-order valence-corrected chi connectivity index (χ0v) is 16.6. The molecule has 0 radical (unpaired) electrons. The van der Waals surface area contributed by atoms with Crippen LogP contribution < -0.4 is 15.0 Å². The Morgan fingerprint density at radius 1 is 1.23 bits per heavy atom. The minimum Gasteiger partial charge on any atom is -0.497 e. The molecule has 26 heavy (non-hydrogen) atoms. The van der Waals surface area contributed by atoms with Crippen molar-refractivity contribution in [2.24, 2.45) is 4.99 Å². The molecule has 0 bridgehead atoms. The lowest BCUT2D eigenvalue weighted by Gasteiger charge is -2.37. The predicted molar refractivity (Wildman–Crippen MR) is 109 cm³/mol. The lowest BCUT2D eigenvalue weighted by atomic mass is 10.2. The fraction of sp³-hybridized carbons (Fsp3) is 0.474. The Balaban J connectivity index is 1.47. The fourth-order valence-electron chi connectivity index (χ4n) is 3.10. The van der Waals surface area contributed by atoms with Crippen LogP contribution in [0, 0.1) is 6.92 Å². The summed E-state index contributed by atoms with van der Waals surface area (Å²) in [5.41, 5.74) is 1.24. The topological polar surface area (TPSA) is 53.0 Å². The highest BCUT2D eigenvalue weighted by Crippen LogP contribution is 2.20. The van der Waals surface area contributed by atoms with Crippen molar-refractivity contribution in [3.05, 3.63) is 40.3 Å². The van der Waals surface area contributed by atoms with E-state index in [-0.39, 0.29) is 0 Å². The van der Waals surface area contributed by atoms with Crippen LogP contribution in [0.4, 0.5) is 5.69 Å². The summed E-state index contributed by atoms with van der Waals surface area (Å²) in [5, 5.41) is 4.65. The molecule has 1 N–H and O–H groups in total. The number of ether oxygens (including phenoxy) is 1. The Bertz CT molecular complexity index is 720. The SMILES string of the molecule is CN=C(NCCc1ncc(C)s1)N1CCN(c2ccc(OC)cc2)CC1. The van der Waals surface area contributed by atoms with E-state index >= 15 is 0 Å². The molecule has 1 saturated heterocycles. The normalized spacial score (nSPS) is 15.3. The van der Waals surface area contributed by atoms with Crippen LogP contribution in [0.3, 0.4) is 0 Å². The van der Waals surface area contributed by atoms with Crippen molar-refractivity contribution in [2.45, 2.75) is 13.3 Å². The third-order valence-electron chi connectivity index (χ3n) is 4.52. The number of hydrogen-bond donors (Lipinski definition) is 1. The van der Waals surface area contributed by atoms with Gasteiger partial charge in [-0.1, -0.05) is 0 Å². The molecule has 0 amide bonds. The lowest BCUT2D eigenvalue weighted by Crippen LogP contribution is -2.52. The van der Waals surface area contributed by atoms with Crippen molar-refractivity contribution in [1.29, 1.82) is 0 Å². The Hall–Kier alpha value is -2.28. The molecular formula is C19H27N5OS. The molecule has 0 unspecified atom stereocenters. The number of aliphatic imine (C=N–C) groups is 1. The summed E-state index contributed by atoms with van der Waals surface area (Å²) in [5.74, 6) is 1.88. The highest BCUT2D eigenvalue weighted by molar-refractivity contribution is 7.11. The van der Waals surface area contributed by atoms with Gasteiger partial charge in [0.05, 0.1) is 12.1 Å². The van der Waals surface area contributed by atoms with Crippen LogP contribution >= 0.6 is 11.3 Å². The van der Waals surface area contributed by atoms with E-state index in [1.807, 2.05) is 25.4 Å². The van der Waals surface area contributed by atoms with Crippen molar-refractivity contribution in [3.8, 4) is 5.75 Å². The summed E-state index contributed by atoms with van der Waals surface area (Å²) in [6.45, 7) is 6.84. The van der Waals surface area contributed by atoms with Gasteiger partial charge in [-0.15, -0.1) is 11.3 Å². The monoisotopic (exact) mass is 373 g/mol. The summed E-state index contributed by atoms with van der Waals surface area (Å²) in [4.78, 5) is 14.9. The average Bonchev–Trinajstić information content (AvgIpc) is 3.11.